The number of rotatable bonds is 7. The van der Waals surface area contributed by atoms with Gasteiger partial charge in [-0.25, -0.2) is 8.42 Å². The van der Waals surface area contributed by atoms with E-state index >= 15 is 0 Å². The van der Waals surface area contributed by atoms with Gasteiger partial charge in [0, 0.05) is 36.3 Å². The molecule has 1 fully saturated rings. The number of carbonyl (C=O) groups excluding carboxylic acids is 1. The molecule has 8 nitrogen and oxygen atoms in total. The largest absolute Gasteiger partial charge is 0.497 e. The average molecular weight is 458 g/mol. The number of H-pyrrole nitrogens is 1. The van der Waals surface area contributed by atoms with Crippen molar-refractivity contribution in [2.24, 2.45) is 0 Å². The number of methoxy groups -OCH3 is 2. The number of carbonyl (C=O) groups is 1. The molecule has 0 saturated carbocycles. The van der Waals surface area contributed by atoms with Crippen LogP contribution in [0.5, 0.6) is 11.5 Å². The van der Waals surface area contributed by atoms with E-state index < -0.39 is 15.9 Å². The smallest absolute Gasteiger partial charge is 0.242 e. The fraction of sp³-hybridized carbons (Fsp3) is 0.348. The fourth-order valence-electron chi connectivity index (χ4n) is 4.06. The zero-order valence-corrected chi connectivity index (χ0v) is 18.9. The maximum Gasteiger partial charge on any atom is 0.242 e. The van der Waals surface area contributed by atoms with Gasteiger partial charge in [0.1, 0.15) is 11.5 Å². The zero-order chi connectivity index (χ0) is 22.7. The van der Waals surface area contributed by atoms with Crippen LogP contribution in [0.4, 0.5) is 5.69 Å². The van der Waals surface area contributed by atoms with Crippen molar-refractivity contribution in [2.45, 2.75) is 12.5 Å². The number of aromatic nitrogens is 1. The number of ether oxygens (including phenoxy) is 2. The third-order valence-electron chi connectivity index (χ3n) is 5.88. The maximum absolute atomic E-state index is 13.5. The van der Waals surface area contributed by atoms with Gasteiger partial charge in [-0.3, -0.25) is 9.69 Å². The predicted octanol–water partition coefficient (Wildman–Crippen LogP) is 2.47. The first-order chi connectivity index (χ1) is 15.4. The second-order valence-corrected chi connectivity index (χ2v) is 10.1. The molecule has 32 heavy (non-hydrogen) atoms. The molecule has 0 aliphatic carbocycles. The van der Waals surface area contributed by atoms with Crippen molar-refractivity contribution in [3.63, 3.8) is 0 Å². The first kappa shape index (κ1) is 22.2. The van der Waals surface area contributed by atoms with Gasteiger partial charge >= 0.3 is 0 Å². The number of hydrogen-bond donors (Lipinski definition) is 2. The Balaban J connectivity index is 1.63. The molecule has 2 N–H and O–H groups in total. The minimum atomic E-state index is -3.07. The van der Waals surface area contributed by atoms with Gasteiger partial charge in [-0.15, -0.1) is 0 Å². The summed E-state index contributed by atoms with van der Waals surface area (Å²) in [6.07, 6.45) is 2.36. The van der Waals surface area contributed by atoms with Gasteiger partial charge < -0.3 is 19.8 Å². The lowest BCUT2D eigenvalue weighted by Crippen LogP contribution is -2.51. The number of amides is 1. The monoisotopic (exact) mass is 457 g/mol. The highest BCUT2D eigenvalue weighted by atomic mass is 32.2. The highest BCUT2D eigenvalue weighted by Crippen LogP contribution is 2.30. The van der Waals surface area contributed by atoms with Crippen molar-refractivity contribution in [3.8, 4) is 11.5 Å². The van der Waals surface area contributed by atoms with Crippen molar-refractivity contribution >= 4 is 32.3 Å². The Morgan fingerprint density at radius 1 is 1.12 bits per heavy atom. The third kappa shape index (κ3) is 4.73. The van der Waals surface area contributed by atoms with E-state index in [0.29, 0.717) is 36.7 Å². The number of benzene rings is 2. The Labute approximate surface area is 187 Å². The molecule has 170 valence electrons. The summed E-state index contributed by atoms with van der Waals surface area (Å²) in [4.78, 5) is 18.7. The molecular weight excluding hydrogens is 430 g/mol. The second-order valence-electron chi connectivity index (χ2n) is 7.82. The first-order valence-electron chi connectivity index (χ1n) is 10.4. The van der Waals surface area contributed by atoms with Gasteiger partial charge in [-0.1, -0.05) is 18.2 Å². The van der Waals surface area contributed by atoms with E-state index in [1.807, 2.05) is 35.4 Å². The number of nitrogens with one attached hydrogen (secondary N) is 2. The van der Waals surface area contributed by atoms with Gasteiger partial charge in [-0.05, 0) is 30.2 Å². The van der Waals surface area contributed by atoms with Crippen LogP contribution >= 0.6 is 0 Å². The Morgan fingerprint density at radius 2 is 1.88 bits per heavy atom. The molecular formula is C23H27N3O5S. The van der Waals surface area contributed by atoms with Crippen LogP contribution in [0.3, 0.4) is 0 Å². The van der Waals surface area contributed by atoms with E-state index in [1.165, 1.54) is 7.11 Å². The fourth-order valence-corrected chi connectivity index (χ4v) is 5.29. The summed E-state index contributed by atoms with van der Waals surface area (Å²) < 4.78 is 34.6. The highest BCUT2D eigenvalue weighted by molar-refractivity contribution is 7.91. The number of hydrogen-bond acceptors (Lipinski definition) is 6. The molecule has 1 amide bonds. The van der Waals surface area contributed by atoms with Crippen LogP contribution in [0.2, 0.25) is 0 Å². The molecule has 0 spiro atoms. The Kier molecular flexibility index (Phi) is 6.38. The molecule has 3 aromatic rings. The van der Waals surface area contributed by atoms with E-state index in [0.717, 1.165) is 16.5 Å². The molecule has 0 bridgehead atoms. The molecule has 4 rings (SSSR count). The predicted molar refractivity (Wildman–Crippen MR) is 124 cm³/mol. The van der Waals surface area contributed by atoms with Crippen LogP contribution in [-0.4, -0.2) is 69.1 Å². The number of aromatic amines is 1. The van der Waals surface area contributed by atoms with Crippen molar-refractivity contribution in [2.75, 3.05) is 44.1 Å². The molecule has 9 heteroatoms. The van der Waals surface area contributed by atoms with Crippen molar-refractivity contribution in [1.29, 1.82) is 0 Å². The number of para-hydroxylation sites is 1. The lowest BCUT2D eigenvalue weighted by atomic mass is 10.0. The summed E-state index contributed by atoms with van der Waals surface area (Å²) in [6.45, 7) is 0.635. The lowest BCUT2D eigenvalue weighted by molar-refractivity contribution is -0.121. The normalized spacial score (nSPS) is 17.1. The number of sulfone groups is 1. The van der Waals surface area contributed by atoms with Gasteiger partial charge in [0.05, 0.1) is 37.5 Å². The Hall–Kier alpha value is -3.04. The van der Waals surface area contributed by atoms with Crippen LogP contribution < -0.4 is 14.8 Å². The molecule has 1 unspecified atom stereocenters. The van der Waals surface area contributed by atoms with E-state index in [2.05, 4.69) is 10.3 Å². The molecule has 1 atom stereocenters. The molecule has 1 saturated heterocycles. The molecule has 1 aromatic heterocycles. The summed E-state index contributed by atoms with van der Waals surface area (Å²) in [5, 5.41) is 4.02. The summed E-state index contributed by atoms with van der Waals surface area (Å²) in [6, 6.07) is 12.6. The van der Waals surface area contributed by atoms with Crippen LogP contribution in [0.25, 0.3) is 10.9 Å². The SMILES string of the molecule is COc1ccc(OC)c(NC(=O)C(Cc2c[nH]c3ccccc23)N2CCS(=O)(=O)CC2)c1. The van der Waals surface area contributed by atoms with Crippen molar-refractivity contribution < 1.29 is 22.7 Å². The van der Waals surface area contributed by atoms with Crippen molar-refractivity contribution in [1.82, 2.24) is 9.88 Å². The van der Waals surface area contributed by atoms with Gasteiger partial charge in [-0.2, -0.15) is 0 Å². The van der Waals surface area contributed by atoms with Gasteiger partial charge in [0.25, 0.3) is 0 Å². The quantitative estimate of drug-likeness (QED) is 0.565. The third-order valence-corrected chi connectivity index (χ3v) is 7.48. The maximum atomic E-state index is 13.5. The minimum absolute atomic E-state index is 0.0488. The topological polar surface area (TPSA) is 101 Å². The van der Waals surface area contributed by atoms with Crippen LogP contribution in [0.15, 0.2) is 48.7 Å². The molecule has 1 aliphatic rings. The second kappa shape index (κ2) is 9.22. The number of fused-ring (bicyclic) bond motifs is 1. The Morgan fingerprint density at radius 3 is 2.59 bits per heavy atom. The van der Waals surface area contributed by atoms with Crippen LogP contribution in [-0.2, 0) is 21.1 Å². The molecule has 2 heterocycles. The highest BCUT2D eigenvalue weighted by Gasteiger charge is 2.32. The van der Waals surface area contributed by atoms with E-state index in [1.54, 1.807) is 25.3 Å². The van der Waals surface area contributed by atoms with Crippen molar-refractivity contribution in [3.05, 3.63) is 54.2 Å². The van der Waals surface area contributed by atoms with Crippen LogP contribution in [0.1, 0.15) is 5.56 Å². The average Bonchev–Trinajstić information content (AvgIpc) is 3.20. The number of nitrogens with zero attached hydrogens (tertiary/aromatic N) is 1. The summed E-state index contributed by atoms with van der Waals surface area (Å²) in [7, 11) is 0.0288. The molecule has 2 aromatic carbocycles. The summed E-state index contributed by atoms with van der Waals surface area (Å²) in [5.74, 6) is 0.992. The summed E-state index contributed by atoms with van der Waals surface area (Å²) in [5.41, 5.74) is 2.51. The standard InChI is InChI=1S/C23H27N3O5S/c1-30-17-7-8-22(31-2)20(14-17)25-23(27)21(26-9-11-32(28,29)12-10-26)13-16-15-24-19-6-4-3-5-18(16)19/h3-8,14-15,21,24H,9-13H2,1-2H3,(H,25,27). The summed E-state index contributed by atoms with van der Waals surface area (Å²) >= 11 is 0. The minimum Gasteiger partial charge on any atom is -0.497 e. The van der Waals surface area contributed by atoms with Crippen LogP contribution in [0, 0.1) is 0 Å². The molecule has 1 aliphatic heterocycles. The molecule has 0 radical (unpaired) electrons. The van der Waals surface area contributed by atoms with E-state index in [9.17, 15) is 13.2 Å². The Bertz CT molecular complexity index is 1210. The van der Waals surface area contributed by atoms with Gasteiger partial charge in [0.15, 0.2) is 9.84 Å². The first-order valence-corrected chi connectivity index (χ1v) is 12.2. The zero-order valence-electron chi connectivity index (χ0n) is 18.1. The lowest BCUT2D eigenvalue weighted by Gasteiger charge is -2.33. The van der Waals surface area contributed by atoms with E-state index in [4.69, 9.17) is 9.47 Å². The van der Waals surface area contributed by atoms with Gasteiger partial charge in [0.2, 0.25) is 5.91 Å². The number of anilines is 1. The van der Waals surface area contributed by atoms with E-state index in [-0.39, 0.29) is 17.4 Å².